The highest BCUT2D eigenvalue weighted by molar-refractivity contribution is 5.94. The molecule has 84 valence electrons. The second-order valence-corrected chi connectivity index (χ2v) is 3.81. The molecule has 0 saturated heterocycles. The van der Waals surface area contributed by atoms with E-state index < -0.39 is 5.97 Å². The number of hydrogen-bond acceptors (Lipinski definition) is 2. The molecule has 0 aliphatic rings. The van der Waals surface area contributed by atoms with Crippen molar-refractivity contribution in [3.05, 3.63) is 29.3 Å². The lowest BCUT2D eigenvalue weighted by molar-refractivity contribution is 0.0698. The zero-order valence-electron chi connectivity index (χ0n) is 9.45. The van der Waals surface area contributed by atoms with Gasteiger partial charge in [0.15, 0.2) is 0 Å². The molecule has 0 heterocycles. The zero-order chi connectivity index (χ0) is 12.1. The van der Waals surface area contributed by atoms with Crippen molar-refractivity contribution >= 4 is 11.7 Å². The predicted octanol–water partition coefficient (Wildman–Crippen LogP) is 2.52. The lowest BCUT2D eigenvalue weighted by Crippen LogP contribution is -2.16. The van der Waals surface area contributed by atoms with Crippen LogP contribution in [0.5, 0.6) is 0 Å². The van der Waals surface area contributed by atoms with Gasteiger partial charge in [0, 0.05) is 18.2 Å². The summed E-state index contributed by atoms with van der Waals surface area (Å²) in [6, 6.07) is 5.35. The second kappa shape index (κ2) is 5.22. The predicted molar refractivity (Wildman–Crippen MR) is 64.7 cm³/mol. The number of aryl methyl sites for hydroxylation is 1. The zero-order valence-corrected chi connectivity index (χ0v) is 9.45. The van der Waals surface area contributed by atoms with Crippen LogP contribution in [0.15, 0.2) is 18.2 Å². The van der Waals surface area contributed by atoms with Crippen LogP contribution in [0.1, 0.15) is 29.3 Å². The number of terminal acetylenes is 1. The Kier molecular flexibility index (Phi) is 3.96. The fraction of sp³-hybridized carbons (Fsp3) is 0.308. The summed E-state index contributed by atoms with van der Waals surface area (Å²) in [4.78, 5) is 11.0. The first kappa shape index (κ1) is 12.1. The van der Waals surface area contributed by atoms with E-state index in [9.17, 15) is 4.79 Å². The summed E-state index contributed by atoms with van der Waals surface area (Å²) >= 11 is 0. The molecule has 0 radical (unpaired) electrons. The lowest BCUT2D eigenvalue weighted by atomic mass is 10.1. The number of hydrogen-bond donors (Lipinski definition) is 2. The van der Waals surface area contributed by atoms with E-state index in [4.69, 9.17) is 11.5 Å². The molecule has 0 spiro atoms. The Morgan fingerprint density at radius 1 is 1.62 bits per heavy atom. The number of nitrogens with one attached hydrogen (secondary N) is 1. The molecule has 1 rings (SSSR count). The van der Waals surface area contributed by atoms with Crippen LogP contribution >= 0.6 is 0 Å². The third-order valence-electron chi connectivity index (χ3n) is 2.23. The van der Waals surface area contributed by atoms with Gasteiger partial charge >= 0.3 is 5.97 Å². The van der Waals surface area contributed by atoms with E-state index in [0.717, 1.165) is 5.56 Å². The molecule has 1 atom stereocenters. The van der Waals surface area contributed by atoms with Gasteiger partial charge in [-0.05, 0) is 26.0 Å². The van der Waals surface area contributed by atoms with Crippen LogP contribution < -0.4 is 5.32 Å². The van der Waals surface area contributed by atoms with E-state index in [1.54, 1.807) is 12.1 Å². The van der Waals surface area contributed by atoms with Gasteiger partial charge in [0.1, 0.15) is 0 Å². The number of anilines is 1. The van der Waals surface area contributed by atoms with E-state index in [1.807, 2.05) is 19.9 Å². The van der Waals surface area contributed by atoms with Crippen molar-refractivity contribution < 1.29 is 9.90 Å². The highest BCUT2D eigenvalue weighted by Gasteiger charge is 2.11. The Labute approximate surface area is 95.5 Å². The van der Waals surface area contributed by atoms with Crippen LogP contribution in [-0.2, 0) is 0 Å². The molecular formula is C13H15NO2. The van der Waals surface area contributed by atoms with E-state index >= 15 is 0 Å². The normalized spacial score (nSPS) is 11.6. The molecular weight excluding hydrogens is 202 g/mol. The fourth-order valence-electron chi connectivity index (χ4n) is 1.45. The maximum atomic E-state index is 11.0. The van der Waals surface area contributed by atoms with Crippen molar-refractivity contribution in [1.82, 2.24) is 0 Å². The summed E-state index contributed by atoms with van der Waals surface area (Å²) in [5, 5.41) is 12.1. The minimum absolute atomic E-state index is 0.0609. The van der Waals surface area contributed by atoms with Crippen LogP contribution in [-0.4, -0.2) is 17.1 Å². The van der Waals surface area contributed by atoms with Gasteiger partial charge in [0.2, 0.25) is 0 Å². The van der Waals surface area contributed by atoms with Crippen LogP contribution in [0.25, 0.3) is 0 Å². The smallest absolute Gasteiger partial charge is 0.337 e. The first-order valence-electron chi connectivity index (χ1n) is 5.08. The van der Waals surface area contributed by atoms with Crippen molar-refractivity contribution in [3.63, 3.8) is 0 Å². The molecule has 1 unspecified atom stereocenters. The SMILES string of the molecule is C#CCC(C)Nc1ccc(C)cc1C(=O)O. The fourth-order valence-corrected chi connectivity index (χ4v) is 1.45. The molecule has 16 heavy (non-hydrogen) atoms. The summed E-state index contributed by atoms with van der Waals surface area (Å²) in [6.07, 6.45) is 5.76. The van der Waals surface area contributed by atoms with E-state index in [2.05, 4.69) is 11.2 Å². The van der Waals surface area contributed by atoms with E-state index in [1.165, 1.54) is 0 Å². The van der Waals surface area contributed by atoms with Gasteiger partial charge in [-0.15, -0.1) is 12.3 Å². The van der Waals surface area contributed by atoms with E-state index in [0.29, 0.717) is 12.1 Å². The maximum absolute atomic E-state index is 11.0. The first-order chi connectivity index (χ1) is 7.54. The molecule has 0 bridgehead atoms. The third-order valence-corrected chi connectivity index (χ3v) is 2.23. The summed E-state index contributed by atoms with van der Waals surface area (Å²) in [6.45, 7) is 3.78. The van der Waals surface area contributed by atoms with Gasteiger partial charge in [0.25, 0.3) is 0 Å². The number of carboxylic acids is 1. The molecule has 0 saturated carbocycles. The summed E-state index contributed by atoms with van der Waals surface area (Å²) in [5.41, 5.74) is 1.82. The molecule has 2 N–H and O–H groups in total. The average Bonchev–Trinajstić information content (AvgIpc) is 2.20. The Morgan fingerprint density at radius 2 is 2.31 bits per heavy atom. The van der Waals surface area contributed by atoms with Crippen molar-refractivity contribution in [2.45, 2.75) is 26.3 Å². The van der Waals surface area contributed by atoms with Gasteiger partial charge in [-0.25, -0.2) is 4.79 Å². The Morgan fingerprint density at radius 3 is 2.88 bits per heavy atom. The Bertz CT molecular complexity index is 432. The first-order valence-corrected chi connectivity index (χ1v) is 5.08. The molecule has 0 amide bonds. The van der Waals surface area contributed by atoms with Crippen LogP contribution in [0.4, 0.5) is 5.69 Å². The third kappa shape index (κ3) is 3.03. The molecule has 1 aromatic carbocycles. The number of carbonyl (C=O) groups is 1. The van der Waals surface area contributed by atoms with Crippen molar-refractivity contribution in [2.24, 2.45) is 0 Å². The minimum Gasteiger partial charge on any atom is -0.478 e. The van der Waals surface area contributed by atoms with Gasteiger partial charge in [-0.2, -0.15) is 0 Å². The molecule has 0 fully saturated rings. The highest BCUT2D eigenvalue weighted by Crippen LogP contribution is 2.18. The van der Waals surface area contributed by atoms with Crippen LogP contribution in [0.2, 0.25) is 0 Å². The lowest BCUT2D eigenvalue weighted by Gasteiger charge is -2.15. The second-order valence-electron chi connectivity index (χ2n) is 3.81. The van der Waals surface area contributed by atoms with Crippen molar-refractivity contribution in [1.29, 1.82) is 0 Å². The summed E-state index contributed by atoms with van der Waals surface area (Å²) in [7, 11) is 0. The number of rotatable bonds is 4. The van der Waals surface area contributed by atoms with E-state index in [-0.39, 0.29) is 11.6 Å². The topological polar surface area (TPSA) is 49.3 Å². The largest absolute Gasteiger partial charge is 0.478 e. The molecule has 3 heteroatoms. The number of aromatic carboxylic acids is 1. The molecule has 0 aliphatic carbocycles. The van der Waals surface area contributed by atoms with Gasteiger partial charge in [-0.3, -0.25) is 0 Å². The number of carboxylic acid groups (broad SMARTS) is 1. The van der Waals surface area contributed by atoms with Crippen LogP contribution in [0, 0.1) is 19.3 Å². The minimum atomic E-state index is -0.931. The summed E-state index contributed by atoms with van der Waals surface area (Å²) < 4.78 is 0. The Hall–Kier alpha value is -1.95. The maximum Gasteiger partial charge on any atom is 0.337 e. The Balaban J connectivity index is 2.96. The van der Waals surface area contributed by atoms with Crippen LogP contribution in [0.3, 0.4) is 0 Å². The standard InChI is InChI=1S/C13H15NO2/c1-4-5-10(3)14-12-7-6-9(2)8-11(12)13(15)16/h1,6-8,10,14H,5H2,2-3H3,(H,15,16). The van der Waals surface area contributed by atoms with Crippen molar-refractivity contribution in [3.8, 4) is 12.3 Å². The van der Waals surface area contributed by atoms with Gasteiger partial charge < -0.3 is 10.4 Å². The van der Waals surface area contributed by atoms with Crippen molar-refractivity contribution in [2.75, 3.05) is 5.32 Å². The monoisotopic (exact) mass is 217 g/mol. The van der Waals surface area contributed by atoms with Gasteiger partial charge in [-0.1, -0.05) is 11.6 Å². The molecule has 1 aromatic rings. The average molecular weight is 217 g/mol. The summed E-state index contributed by atoms with van der Waals surface area (Å²) in [5.74, 6) is 1.61. The molecule has 0 aliphatic heterocycles. The number of benzene rings is 1. The molecule has 3 nitrogen and oxygen atoms in total. The quantitative estimate of drug-likeness (QED) is 0.762. The highest BCUT2D eigenvalue weighted by atomic mass is 16.4. The van der Waals surface area contributed by atoms with Gasteiger partial charge in [0.05, 0.1) is 5.56 Å². The molecule has 0 aromatic heterocycles.